The van der Waals surface area contributed by atoms with Gasteiger partial charge in [0, 0.05) is 59.1 Å². The number of para-hydroxylation sites is 1. The summed E-state index contributed by atoms with van der Waals surface area (Å²) in [7, 11) is 0. The molecule has 0 spiro atoms. The molecule has 11 aromatic rings. The summed E-state index contributed by atoms with van der Waals surface area (Å²) in [5.74, 6) is 0. The van der Waals surface area contributed by atoms with Crippen LogP contribution in [0.3, 0.4) is 0 Å². The zero-order chi connectivity index (χ0) is 38.5. The van der Waals surface area contributed by atoms with E-state index in [4.69, 9.17) is 0 Å². The van der Waals surface area contributed by atoms with Gasteiger partial charge in [-0.3, -0.25) is 0 Å². The van der Waals surface area contributed by atoms with Gasteiger partial charge in [0.05, 0.1) is 11.0 Å². The van der Waals surface area contributed by atoms with Crippen molar-refractivity contribution in [1.82, 2.24) is 4.57 Å². The summed E-state index contributed by atoms with van der Waals surface area (Å²) in [4.78, 5) is 2.44. The second kappa shape index (κ2) is 12.5. The molecule has 274 valence electrons. The van der Waals surface area contributed by atoms with Crippen molar-refractivity contribution in [2.45, 2.75) is 19.3 Å². The standard InChI is InChI=1S/C55H38N2S/c1-55(2)49-18-10-8-16-43(49)44-27-24-41(33-50(44)55)56(39-22-20-36(21-23-39)35-12-4-3-5-13-35)42-25-28-46-48-32-40(26-29-53(48)58-54(46)34-42)57-51-19-11-9-17-45(51)47-30-37-14-6-7-15-38(37)31-52(47)57/h3-34H,1-2H3. The van der Waals surface area contributed by atoms with Gasteiger partial charge in [-0.1, -0.05) is 135 Å². The van der Waals surface area contributed by atoms with Crippen molar-refractivity contribution in [1.29, 1.82) is 0 Å². The Labute approximate surface area is 341 Å². The molecular weight excluding hydrogens is 721 g/mol. The zero-order valence-electron chi connectivity index (χ0n) is 32.3. The van der Waals surface area contributed by atoms with Crippen LogP contribution < -0.4 is 4.90 Å². The summed E-state index contributed by atoms with van der Waals surface area (Å²) in [6.07, 6.45) is 0. The second-order valence-corrected chi connectivity index (χ2v) is 17.3. The van der Waals surface area contributed by atoms with Gasteiger partial charge in [0.25, 0.3) is 0 Å². The molecule has 12 rings (SSSR count). The Morgan fingerprint density at radius 3 is 1.95 bits per heavy atom. The van der Waals surface area contributed by atoms with Crippen molar-refractivity contribution in [3.63, 3.8) is 0 Å². The van der Waals surface area contributed by atoms with E-state index in [1.54, 1.807) is 0 Å². The number of benzene rings is 9. The third-order valence-electron chi connectivity index (χ3n) is 12.6. The lowest BCUT2D eigenvalue weighted by atomic mass is 9.82. The highest BCUT2D eigenvalue weighted by Gasteiger charge is 2.35. The molecule has 0 bridgehead atoms. The molecule has 0 atom stereocenters. The van der Waals surface area contributed by atoms with Gasteiger partial charge < -0.3 is 9.47 Å². The van der Waals surface area contributed by atoms with E-state index < -0.39 is 0 Å². The fourth-order valence-corrected chi connectivity index (χ4v) is 10.8. The minimum Gasteiger partial charge on any atom is -0.310 e. The molecule has 3 heteroatoms. The molecule has 1 aliphatic rings. The highest BCUT2D eigenvalue weighted by atomic mass is 32.1. The van der Waals surface area contributed by atoms with E-state index in [0.29, 0.717) is 0 Å². The monoisotopic (exact) mass is 758 g/mol. The molecule has 58 heavy (non-hydrogen) atoms. The van der Waals surface area contributed by atoms with E-state index in [-0.39, 0.29) is 5.41 Å². The Hall–Kier alpha value is -6.94. The van der Waals surface area contributed by atoms with E-state index >= 15 is 0 Å². The summed E-state index contributed by atoms with van der Waals surface area (Å²) >= 11 is 1.87. The molecule has 1 aliphatic carbocycles. The SMILES string of the molecule is CC1(C)c2ccccc2-c2ccc(N(c3ccc(-c4ccccc4)cc3)c3ccc4c(c3)sc3ccc(-n5c6ccccc6c6cc7ccccc7cc65)cc34)cc21. The second-order valence-electron chi connectivity index (χ2n) is 16.2. The maximum atomic E-state index is 2.45. The van der Waals surface area contributed by atoms with Crippen LogP contribution in [0.2, 0.25) is 0 Å². The summed E-state index contributed by atoms with van der Waals surface area (Å²) in [6.45, 7) is 4.72. The first-order valence-corrected chi connectivity index (χ1v) is 20.9. The number of anilines is 3. The number of fused-ring (bicyclic) bond motifs is 10. The normalized spacial score (nSPS) is 13.1. The maximum absolute atomic E-state index is 2.45. The Morgan fingerprint density at radius 2 is 1.09 bits per heavy atom. The summed E-state index contributed by atoms with van der Waals surface area (Å²) in [5.41, 5.74) is 14.8. The van der Waals surface area contributed by atoms with Gasteiger partial charge in [-0.2, -0.15) is 0 Å². The molecule has 0 radical (unpaired) electrons. The highest BCUT2D eigenvalue weighted by molar-refractivity contribution is 7.25. The molecular formula is C55H38N2S. The van der Waals surface area contributed by atoms with E-state index in [1.807, 2.05) is 11.3 Å². The number of nitrogens with zero attached hydrogens (tertiary/aromatic N) is 2. The molecule has 0 saturated heterocycles. The van der Waals surface area contributed by atoms with Crippen LogP contribution in [0.5, 0.6) is 0 Å². The minimum atomic E-state index is -0.0959. The van der Waals surface area contributed by atoms with Gasteiger partial charge in [-0.25, -0.2) is 0 Å². The molecule has 2 nitrogen and oxygen atoms in total. The van der Waals surface area contributed by atoms with Crippen molar-refractivity contribution in [2.24, 2.45) is 0 Å². The largest absolute Gasteiger partial charge is 0.310 e. The fraction of sp³-hybridized carbons (Fsp3) is 0.0545. The number of hydrogen-bond donors (Lipinski definition) is 0. The Bertz CT molecular complexity index is 3420. The van der Waals surface area contributed by atoms with Crippen molar-refractivity contribution in [3.8, 4) is 27.9 Å². The first kappa shape index (κ1) is 33.2. The van der Waals surface area contributed by atoms with Crippen LogP contribution in [0.1, 0.15) is 25.0 Å². The molecule has 2 heterocycles. The van der Waals surface area contributed by atoms with E-state index in [2.05, 4.69) is 217 Å². The molecule has 0 fully saturated rings. The first-order chi connectivity index (χ1) is 28.5. The van der Waals surface area contributed by atoms with E-state index in [1.165, 1.54) is 91.8 Å². The molecule has 2 aromatic heterocycles. The van der Waals surface area contributed by atoms with Crippen molar-refractivity contribution >= 4 is 81.1 Å². The van der Waals surface area contributed by atoms with Crippen LogP contribution in [-0.2, 0) is 5.41 Å². The topological polar surface area (TPSA) is 8.17 Å². The van der Waals surface area contributed by atoms with Crippen LogP contribution >= 0.6 is 11.3 Å². The van der Waals surface area contributed by atoms with Crippen molar-refractivity contribution in [3.05, 3.63) is 205 Å². The van der Waals surface area contributed by atoms with Crippen LogP contribution in [0, 0.1) is 0 Å². The molecule has 0 saturated carbocycles. The van der Waals surface area contributed by atoms with Gasteiger partial charge in [-0.05, 0) is 117 Å². The third-order valence-corrected chi connectivity index (χ3v) is 13.7. The molecule has 9 aromatic carbocycles. The predicted molar refractivity (Wildman–Crippen MR) is 249 cm³/mol. The highest BCUT2D eigenvalue weighted by Crippen LogP contribution is 2.51. The van der Waals surface area contributed by atoms with Crippen LogP contribution in [0.25, 0.3) is 80.7 Å². The Morgan fingerprint density at radius 1 is 0.414 bits per heavy atom. The minimum absolute atomic E-state index is 0.0959. The fourth-order valence-electron chi connectivity index (χ4n) is 9.68. The summed E-state index contributed by atoms with van der Waals surface area (Å²) in [6, 6.07) is 71.9. The first-order valence-electron chi connectivity index (χ1n) is 20.1. The lowest BCUT2D eigenvalue weighted by molar-refractivity contribution is 0.660. The molecule has 0 N–H and O–H groups in total. The number of rotatable bonds is 5. The van der Waals surface area contributed by atoms with Crippen molar-refractivity contribution in [2.75, 3.05) is 4.90 Å². The quantitative estimate of drug-likeness (QED) is 0.170. The van der Waals surface area contributed by atoms with Gasteiger partial charge in [0.2, 0.25) is 0 Å². The van der Waals surface area contributed by atoms with Gasteiger partial charge >= 0.3 is 0 Å². The molecule has 0 amide bonds. The lowest BCUT2D eigenvalue weighted by Gasteiger charge is -2.28. The molecule has 0 aliphatic heterocycles. The average molecular weight is 759 g/mol. The molecule has 0 unspecified atom stereocenters. The van der Waals surface area contributed by atoms with E-state index in [0.717, 1.165) is 17.1 Å². The van der Waals surface area contributed by atoms with E-state index in [9.17, 15) is 0 Å². The maximum Gasteiger partial charge on any atom is 0.0547 e. The van der Waals surface area contributed by atoms with Gasteiger partial charge in [0.1, 0.15) is 0 Å². The predicted octanol–water partition coefficient (Wildman–Crippen LogP) is 15.7. The summed E-state index contributed by atoms with van der Waals surface area (Å²) < 4.78 is 5.01. The number of thiophene rings is 1. The average Bonchev–Trinajstić information content (AvgIpc) is 3.87. The van der Waals surface area contributed by atoms with Crippen LogP contribution in [0.15, 0.2) is 194 Å². The van der Waals surface area contributed by atoms with Crippen molar-refractivity contribution < 1.29 is 0 Å². The van der Waals surface area contributed by atoms with Gasteiger partial charge in [0.15, 0.2) is 0 Å². The Kier molecular flexibility index (Phi) is 7.18. The number of aromatic nitrogens is 1. The third kappa shape index (κ3) is 4.97. The number of hydrogen-bond acceptors (Lipinski definition) is 2. The Balaban J connectivity index is 1.01. The zero-order valence-corrected chi connectivity index (χ0v) is 33.1. The summed E-state index contributed by atoms with van der Waals surface area (Å²) in [5, 5.41) is 7.64. The van der Waals surface area contributed by atoms with Crippen LogP contribution in [0.4, 0.5) is 17.1 Å². The van der Waals surface area contributed by atoms with Gasteiger partial charge in [-0.15, -0.1) is 11.3 Å². The lowest BCUT2D eigenvalue weighted by Crippen LogP contribution is -2.16. The van der Waals surface area contributed by atoms with Crippen LogP contribution in [-0.4, -0.2) is 4.57 Å². The smallest absolute Gasteiger partial charge is 0.0547 e.